The van der Waals surface area contributed by atoms with Gasteiger partial charge in [-0.3, -0.25) is 63.0 Å². The number of amides is 5. The van der Waals surface area contributed by atoms with Gasteiger partial charge >= 0.3 is 18.2 Å². The number of morpholine rings is 1. The highest BCUT2D eigenvalue weighted by Crippen LogP contribution is 2.24. The Morgan fingerprint density at radius 2 is 0.746 bits per heavy atom. The quantitative estimate of drug-likeness (QED) is 0.122. The summed E-state index contributed by atoms with van der Waals surface area (Å²) >= 11 is 0. The van der Waals surface area contributed by atoms with Crippen LogP contribution in [0, 0.1) is 41.4 Å². The average Bonchev–Trinajstić information content (AvgIpc) is 0.826. The van der Waals surface area contributed by atoms with Crippen molar-refractivity contribution in [3.63, 3.8) is 0 Å². The monoisotopic (exact) mass is 1850 g/mol. The molecule has 10 saturated heterocycles. The topological polar surface area (TPSA) is 262 Å². The second-order valence-electron chi connectivity index (χ2n) is 42.7. The Kier molecular flexibility index (Phi) is 62.1. The van der Waals surface area contributed by atoms with E-state index in [9.17, 15) is 43.2 Å². The Labute approximate surface area is 794 Å². The minimum atomic E-state index is -0.908. The molecule has 0 saturated carbocycles. The summed E-state index contributed by atoms with van der Waals surface area (Å²) in [5.74, 6) is 2.98. The van der Waals surface area contributed by atoms with Crippen molar-refractivity contribution in [2.75, 3.05) is 244 Å². The van der Waals surface area contributed by atoms with E-state index < -0.39 is 17.2 Å². The van der Waals surface area contributed by atoms with Crippen LogP contribution in [0.25, 0.3) is 0 Å². The van der Waals surface area contributed by atoms with Gasteiger partial charge in [0.25, 0.3) is 0 Å². The molecule has 29 heteroatoms. The maximum absolute atomic E-state index is 11.8. The van der Waals surface area contributed by atoms with E-state index in [1.165, 1.54) is 58.5 Å². The molecule has 2 unspecified atom stereocenters. The molecule has 0 aromatic heterocycles. The third-order valence-electron chi connectivity index (χ3n) is 25.7. The van der Waals surface area contributed by atoms with Gasteiger partial charge in [-0.1, -0.05) is 82.6 Å². The summed E-state index contributed by atoms with van der Waals surface area (Å²) in [4.78, 5) is 136. The Balaban J connectivity index is 0.000000725. The van der Waals surface area contributed by atoms with Crippen LogP contribution in [0.1, 0.15) is 264 Å². The Hall–Kier alpha value is -5.05. The molecule has 10 heterocycles. The van der Waals surface area contributed by atoms with Gasteiger partial charge in [0.15, 0.2) is 5.78 Å². The highest BCUT2D eigenvalue weighted by Gasteiger charge is 2.33. The van der Waals surface area contributed by atoms with E-state index in [-0.39, 0.29) is 72.5 Å². The minimum absolute atomic E-state index is 0.0363. The van der Waals surface area contributed by atoms with Gasteiger partial charge in [-0.25, -0.2) is 9.59 Å². The van der Waals surface area contributed by atoms with Crippen molar-refractivity contribution >= 4 is 53.2 Å². The number of piperidine rings is 4. The van der Waals surface area contributed by atoms with Crippen LogP contribution in [-0.4, -0.2) is 430 Å². The molecule has 2 N–H and O–H groups in total. The average molecular weight is 1850 g/mol. The molecule has 5 amide bonds. The number of carboxylic acid groups (broad SMARTS) is 1. The summed E-state index contributed by atoms with van der Waals surface area (Å²) in [6, 6.07) is 3.54. The number of ether oxygens (including phenoxy) is 3. The molecule has 0 bridgehead atoms. The number of nitrogens with one attached hydrogen (secondary N) is 1. The van der Waals surface area contributed by atoms with Crippen LogP contribution in [0.3, 0.4) is 0 Å². The summed E-state index contributed by atoms with van der Waals surface area (Å²) in [7, 11) is 8.40. The van der Waals surface area contributed by atoms with Crippen molar-refractivity contribution in [1.82, 2.24) is 78.8 Å². The fourth-order valence-electron chi connectivity index (χ4n) is 16.8. The molecular weight excluding hydrogens is 1650 g/mol. The molecule has 10 aliphatic heterocycles. The molecule has 10 aliphatic rings. The smallest absolute Gasteiger partial charge is 0.410 e. The fraction of sp³-hybridized carbons (Fsp3) is 0.911. The zero-order valence-corrected chi connectivity index (χ0v) is 89.2. The van der Waals surface area contributed by atoms with Crippen molar-refractivity contribution in [2.45, 2.75) is 318 Å². The van der Waals surface area contributed by atoms with Gasteiger partial charge in [-0.05, 0) is 242 Å². The zero-order valence-electron chi connectivity index (χ0n) is 89.2. The Bertz CT molecular complexity index is 3020. The van der Waals surface area contributed by atoms with Gasteiger partial charge < -0.3 is 68.7 Å². The van der Waals surface area contributed by atoms with Crippen LogP contribution in [0.4, 0.5) is 9.59 Å². The Morgan fingerprint density at radius 3 is 1.08 bits per heavy atom. The van der Waals surface area contributed by atoms with Crippen LogP contribution < -0.4 is 5.32 Å². The highest BCUT2D eigenvalue weighted by molar-refractivity contribution is 5.86. The van der Waals surface area contributed by atoms with E-state index in [0.29, 0.717) is 65.4 Å². The molecular formula is C101H200N16O13. The number of piperazine rings is 5. The number of hydrogen-bond acceptors (Lipinski definition) is 23. The fourth-order valence-corrected chi connectivity index (χ4v) is 16.8. The molecule has 10 fully saturated rings. The predicted molar refractivity (Wildman–Crippen MR) is 533 cm³/mol. The van der Waals surface area contributed by atoms with Gasteiger partial charge in [0.1, 0.15) is 22.8 Å². The lowest BCUT2D eigenvalue weighted by molar-refractivity contribution is -0.141. The van der Waals surface area contributed by atoms with Crippen molar-refractivity contribution in [2.24, 2.45) is 41.4 Å². The van der Waals surface area contributed by atoms with Crippen molar-refractivity contribution in [3.8, 4) is 0 Å². The van der Waals surface area contributed by atoms with Crippen molar-refractivity contribution in [3.05, 3.63) is 0 Å². The van der Waals surface area contributed by atoms with Gasteiger partial charge in [0, 0.05) is 242 Å². The van der Waals surface area contributed by atoms with E-state index >= 15 is 0 Å². The first-order valence-corrected chi connectivity index (χ1v) is 50.8. The number of carbonyl (C=O) groups excluding carboxylic acids is 8. The normalized spacial score (nSPS) is 21.2. The first-order chi connectivity index (χ1) is 60.7. The lowest BCUT2D eigenvalue weighted by Crippen LogP contribution is -2.51. The number of hydrogen-bond donors (Lipinski definition) is 2. The summed E-state index contributed by atoms with van der Waals surface area (Å²) < 4.78 is 15.9. The number of aliphatic carboxylic acids is 1. The predicted octanol–water partition coefficient (Wildman–Crippen LogP) is 12.5. The lowest BCUT2D eigenvalue weighted by atomic mass is 9.87. The first kappa shape index (κ1) is 123. The highest BCUT2D eigenvalue weighted by atomic mass is 16.6. The summed E-state index contributed by atoms with van der Waals surface area (Å²) in [6.45, 7) is 90.7. The minimum Gasteiger partial charge on any atom is -0.481 e. The van der Waals surface area contributed by atoms with E-state index in [4.69, 9.17) is 19.3 Å². The number of likely N-dealkylation sites (tertiary alicyclic amines) is 4. The molecule has 0 aromatic rings. The number of rotatable bonds is 19. The number of carboxylic acids is 1. The lowest BCUT2D eigenvalue weighted by Gasteiger charge is -2.37. The number of likely N-dealkylation sites (N-methyl/N-ethyl adjacent to an activating group) is 2. The molecule has 762 valence electrons. The summed E-state index contributed by atoms with van der Waals surface area (Å²) in [5.41, 5.74) is -0.793. The molecule has 29 nitrogen and oxygen atoms in total. The van der Waals surface area contributed by atoms with Crippen molar-refractivity contribution in [1.29, 1.82) is 0 Å². The van der Waals surface area contributed by atoms with Crippen LogP contribution in [0.15, 0.2) is 0 Å². The van der Waals surface area contributed by atoms with Crippen LogP contribution in [-0.2, 0) is 47.8 Å². The molecule has 10 rings (SSSR count). The van der Waals surface area contributed by atoms with Crippen LogP contribution in [0.2, 0.25) is 0 Å². The zero-order chi connectivity index (χ0) is 98.9. The van der Waals surface area contributed by atoms with E-state index in [2.05, 4.69) is 177 Å². The van der Waals surface area contributed by atoms with Crippen molar-refractivity contribution < 1.29 is 62.5 Å². The molecule has 0 aliphatic carbocycles. The number of nitrogens with zero attached hydrogens (tertiary/aromatic N) is 15. The molecule has 0 radical (unpaired) electrons. The Morgan fingerprint density at radius 1 is 0.377 bits per heavy atom. The second kappa shape index (κ2) is 65.6. The van der Waals surface area contributed by atoms with Crippen LogP contribution in [0.5, 0.6) is 0 Å². The maximum atomic E-state index is 11.8. The molecule has 130 heavy (non-hydrogen) atoms. The standard InChI is InChI=1S/2C12H24N2O2.C11H20N2O3.C10H20N2O.C10H22N2.3C10H19NO.C9H18N2O.C7H15NO/c2*1-10(2)13-6-8-14(9-7-13)11(15)16-12(3,4)5;1-9(2)12-5-7-13(8-6-12)10(14)3-4-11(15)16;1-8(2)10(13)11-9-4-6-12(3)7-5-9;1-4-11-5-7-12(8-6-11)9-10(2)3;1-8(2)10(12)9-4-6-11(3)7-5-9;1-8(2)10(12)9-5-4-6-11(3)7-9;1-8(2)10(12)9-6-4-5-7-11(9)3;1-8(2)10-4-6-11(7-5-10)9(3)12;1-7(2)8-3-5-9-6-4-8/h2*10H,6-9H2,1-5H3;9H,3-8H2,1-2H3,(H,15,16);8-9H,4-7H2,1-3H3,(H,11,13);10H,4-9H2,1-3H3;3*8-9H,4-7H2,1-3H3;8H,4-7H2,1-3H3;7H,3-6H2,1-2H3. The first-order valence-electron chi connectivity index (χ1n) is 50.8. The third kappa shape index (κ3) is 54.6. The molecule has 2 atom stereocenters. The van der Waals surface area contributed by atoms with E-state index in [1.807, 2.05) is 102 Å². The van der Waals surface area contributed by atoms with Gasteiger partial charge in [0.2, 0.25) is 17.7 Å². The second-order valence-corrected chi connectivity index (χ2v) is 42.7. The van der Waals surface area contributed by atoms with Crippen LogP contribution >= 0.6 is 0 Å². The third-order valence-corrected chi connectivity index (χ3v) is 25.7. The maximum Gasteiger partial charge on any atom is 0.410 e. The number of Topliss-reactive ketones (excluding diaryl/α,β-unsaturated/α-hetero) is 3. The summed E-state index contributed by atoms with van der Waals surface area (Å²) in [6.07, 6.45) is 9.80. The number of carbonyl (C=O) groups is 9. The van der Waals surface area contributed by atoms with E-state index in [0.717, 1.165) is 221 Å². The van der Waals surface area contributed by atoms with E-state index in [1.54, 1.807) is 21.6 Å². The summed E-state index contributed by atoms with van der Waals surface area (Å²) in [5, 5.41) is 11.6. The van der Waals surface area contributed by atoms with Gasteiger partial charge in [-0.2, -0.15) is 0 Å². The molecule has 0 spiro atoms. The largest absolute Gasteiger partial charge is 0.481 e. The SMILES string of the molecule is CC(=O)N1CCN(C(C)C)CC1.CC(C)C(=O)C1CCCCN1C.CC(C)C(=O)C1CCCN(C)C1.CC(C)C(=O)C1CCN(C)CC1.CC(C)C(=O)NC1CCN(C)CC1.CC(C)N1CCN(C(=O)CCC(=O)O)CC1.CC(C)N1CCN(C(=O)OC(C)(C)C)CC1.CC(C)N1CCN(C(=O)OC(C)(C)C)CC1.CC(C)N1CCOCC1.CCN1CCN(CC(C)C)CC1. The van der Waals surface area contributed by atoms with Gasteiger partial charge in [0.05, 0.1) is 25.7 Å². The number of ketones is 3. The molecule has 0 aromatic carbocycles. The van der Waals surface area contributed by atoms with Gasteiger partial charge in [-0.15, -0.1) is 0 Å².